The average molecular weight is 384 g/mol. The molecule has 2 amide bonds. The van der Waals surface area contributed by atoms with Crippen molar-refractivity contribution < 1.29 is 19.4 Å². The van der Waals surface area contributed by atoms with E-state index < -0.39 is 5.72 Å². The maximum Gasteiger partial charge on any atom is 0.258 e. The molecule has 5 atom stereocenters. The number of carbonyl (C=O) groups excluding carboxylic acids is 2. The van der Waals surface area contributed by atoms with Crippen LogP contribution in [0.5, 0.6) is 5.75 Å². The predicted molar refractivity (Wildman–Crippen MR) is 103 cm³/mol. The lowest BCUT2D eigenvalue weighted by Crippen LogP contribution is -2.67. The van der Waals surface area contributed by atoms with Crippen LogP contribution in [0.1, 0.15) is 48.9 Å². The summed E-state index contributed by atoms with van der Waals surface area (Å²) in [7, 11) is 0. The van der Waals surface area contributed by atoms with E-state index in [-0.39, 0.29) is 42.1 Å². The number of likely N-dealkylation sites (tertiary alicyclic amines) is 1. The van der Waals surface area contributed by atoms with Crippen molar-refractivity contribution in [3.05, 3.63) is 29.8 Å². The minimum atomic E-state index is -0.666. The molecule has 6 nitrogen and oxygen atoms in total. The number of piperidine rings is 1. The Kier molecular flexibility index (Phi) is 4.34. The zero-order chi connectivity index (χ0) is 19.3. The van der Waals surface area contributed by atoms with E-state index in [0.717, 1.165) is 38.6 Å². The highest BCUT2D eigenvalue weighted by Crippen LogP contribution is 2.52. The van der Waals surface area contributed by atoms with E-state index in [1.54, 1.807) is 6.07 Å². The van der Waals surface area contributed by atoms with Crippen molar-refractivity contribution >= 4 is 11.8 Å². The van der Waals surface area contributed by atoms with Gasteiger partial charge in [0.1, 0.15) is 5.75 Å². The van der Waals surface area contributed by atoms with E-state index in [1.165, 1.54) is 0 Å². The minimum absolute atomic E-state index is 0.0134. The maximum atomic E-state index is 13.3. The number of nitrogens with zero attached hydrogens (tertiary/aromatic N) is 1. The summed E-state index contributed by atoms with van der Waals surface area (Å²) in [5.41, 5.74) is -0.0775. The molecule has 2 bridgehead atoms. The van der Waals surface area contributed by atoms with Crippen molar-refractivity contribution in [2.75, 3.05) is 19.7 Å². The summed E-state index contributed by atoms with van der Waals surface area (Å²) < 4.78 is 6.38. The fourth-order valence-electron chi connectivity index (χ4n) is 5.91. The van der Waals surface area contributed by atoms with Crippen LogP contribution in [0.25, 0.3) is 0 Å². The third kappa shape index (κ3) is 2.81. The van der Waals surface area contributed by atoms with Crippen LogP contribution in [0.4, 0.5) is 0 Å². The number of amides is 2. The molecule has 6 rings (SSSR count). The molecular weight excluding hydrogens is 356 g/mol. The van der Waals surface area contributed by atoms with Crippen LogP contribution in [-0.4, -0.2) is 47.2 Å². The molecule has 28 heavy (non-hydrogen) atoms. The van der Waals surface area contributed by atoms with Gasteiger partial charge in [0.2, 0.25) is 5.91 Å². The van der Waals surface area contributed by atoms with Gasteiger partial charge in [0.15, 0.2) is 5.72 Å². The fourth-order valence-corrected chi connectivity index (χ4v) is 5.91. The SMILES string of the molecule is O=C1N[C@@]2(C[C@H]3CC[C@@H]2C[C@@H]3C(=O)N2CCC[C@H](CO)C2)Oc2ccccc21. The number of para-hydroxylation sites is 1. The number of fused-ring (bicyclic) bond motifs is 3. The van der Waals surface area contributed by atoms with E-state index in [4.69, 9.17) is 4.74 Å². The lowest BCUT2D eigenvalue weighted by Gasteiger charge is -2.55. The Morgan fingerprint density at radius 1 is 1.29 bits per heavy atom. The number of aliphatic hydroxyl groups is 1. The van der Waals surface area contributed by atoms with E-state index in [9.17, 15) is 14.7 Å². The molecular formula is C22H28N2O4. The van der Waals surface area contributed by atoms with Gasteiger partial charge in [-0.05, 0) is 56.1 Å². The summed E-state index contributed by atoms with van der Waals surface area (Å²) in [6.45, 7) is 1.63. The Bertz CT molecular complexity index is 796. The molecule has 6 heteroatoms. The highest BCUT2D eigenvalue weighted by molar-refractivity contribution is 5.98. The van der Waals surface area contributed by atoms with Crippen molar-refractivity contribution in [1.82, 2.24) is 10.2 Å². The number of carbonyl (C=O) groups is 2. The highest BCUT2D eigenvalue weighted by Gasteiger charge is 2.57. The summed E-state index contributed by atoms with van der Waals surface area (Å²) in [5.74, 6) is 1.44. The van der Waals surface area contributed by atoms with E-state index in [0.29, 0.717) is 24.3 Å². The average Bonchev–Trinajstić information content (AvgIpc) is 2.73. The molecule has 1 spiro atoms. The van der Waals surface area contributed by atoms with Crippen molar-refractivity contribution in [1.29, 1.82) is 0 Å². The second kappa shape index (κ2) is 6.76. The highest BCUT2D eigenvalue weighted by atomic mass is 16.5. The lowest BCUT2D eigenvalue weighted by atomic mass is 9.59. The molecule has 3 aliphatic carbocycles. The Hall–Kier alpha value is -2.08. The van der Waals surface area contributed by atoms with Crippen molar-refractivity contribution in [3.63, 3.8) is 0 Å². The van der Waals surface area contributed by atoms with E-state index >= 15 is 0 Å². The molecule has 4 fully saturated rings. The summed E-state index contributed by atoms with van der Waals surface area (Å²) in [6, 6.07) is 7.40. The molecule has 2 aliphatic heterocycles. The summed E-state index contributed by atoms with van der Waals surface area (Å²) in [4.78, 5) is 27.9. The molecule has 3 saturated carbocycles. The van der Waals surface area contributed by atoms with E-state index in [2.05, 4.69) is 5.32 Å². The van der Waals surface area contributed by atoms with Gasteiger partial charge in [-0.1, -0.05) is 12.1 Å². The first-order valence-corrected chi connectivity index (χ1v) is 10.6. The van der Waals surface area contributed by atoms with Crippen LogP contribution in [0.15, 0.2) is 24.3 Å². The molecule has 2 heterocycles. The first kappa shape index (κ1) is 18.0. The number of aliphatic hydroxyl groups excluding tert-OH is 1. The van der Waals surface area contributed by atoms with Crippen LogP contribution in [0, 0.1) is 23.7 Å². The summed E-state index contributed by atoms with van der Waals surface area (Å²) in [5, 5.41) is 12.6. The Morgan fingerprint density at radius 3 is 2.93 bits per heavy atom. The van der Waals surface area contributed by atoms with Crippen LogP contribution in [0.3, 0.4) is 0 Å². The first-order chi connectivity index (χ1) is 13.6. The van der Waals surface area contributed by atoms with Gasteiger partial charge in [0.05, 0.1) is 5.56 Å². The van der Waals surface area contributed by atoms with Gasteiger partial charge in [-0.2, -0.15) is 0 Å². The number of hydrogen-bond acceptors (Lipinski definition) is 4. The zero-order valence-electron chi connectivity index (χ0n) is 16.1. The smallest absolute Gasteiger partial charge is 0.258 e. The predicted octanol–water partition coefficient (Wildman–Crippen LogP) is 2.17. The van der Waals surface area contributed by atoms with Crippen molar-refractivity contribution in [2.45, 2.75) is 44.2 Å². The molecule has 0 radical (unpaired) electrons. The van der Waals surface area contributed by atoms with Crippen molar-refractivity contribution in [2.24, 2.45) is 23.7 Å². The molecule has 1 aromatic carbocycles. The topological polar surface area (TPSA) is 78.9 Å². The van der Waals surface area contributed by atoms with Gasteiger partial charge in [-0.3, -0.25) is 9.59 Å². The molecule has 0 unspecified atom stereocenters. The fraction of sp³-hybridized carbons (Fsp3) is 0.636. The van der Waals surface area contributed by atoms with Crippen LogP contribution in [-0.2, 0) is 4.79 Å². The second-order valence-corrected chi connectivity index (χ2v) is 9.00. The molecule has 150 valence electrons. The molecule has 0 aromatic heterocycles. The minimum Gasteiger partial charge on any atom is -0.467 e. The third-order valence-corrected chi connectivity index (χ3v) is 7.37. The van der Waals surface area contributed by atoms with E-state index in [1.807, 2.05) is 23.1 Å². The normalized spacial score (nSPS) is 36.6. The maximum absolute atomic E-state index is 13.3. The summed E-state index contributed by atoms with van der Waals surface area (Å²) in [6.07, 6.45) is 5.44. The Labute approximate surface area is 165 Å². The lowest BCUT2D eigenvalue weighted by molar-refractivity contribution is -0.157. The number of hydrogen-bond donors (Lipinski definition) is 2. The molecule has 2 N–H and O–H groups in total. The van der Waals surface area contributed by atoms with Crippen LogP contribution >= 0.6 is 0 Å². The Morgan fingerprint density at radius 2 is 2.14 bits per heavy atom. The molecule has 1 aromatic rings. The van der Waals surface area contributed by atoms with Gasteiger partial charge in [0.25, 0.3) is 5.91 Å². The number of rotatable bonds is 2. The first-order valence-electron chi connectivity index (χ1n) is 10.6. The van der Waals surface area contributed by atoms with Gasteiger partial charge in [-0.15, -0.1) is 0 Å². The monoisotopic (exact) mass is 384 g/mol. The second-order valence-electron chi connectivity index (χ2n) is 9.00. The van der Waals surface area contributed by atoms with Crippen molar-refractivity contribution in [3.8, 4) is 5.75 Å². The Balaban J connectivity index is 1.34. The number of ether oxygens (including phenoxy) is 1. The molecule has 5 aliphatic rings. The quantitative estimate of drug-likeness (QED) is 0.819. The number of benzene rings is 1. The zero-order valence-corrected chi connectivity index (χ0v) is 16.1. The standard InChI is InChI=1S/C22H28N2O4/c25-13-14-4-3-9-24(12-14)21(27)18-10-16-8-7-15(18)11-22(16)23-20(26)17-5-1-2-6-19(17)28-22/h1-2,5-6,14-16,18,25H,3-4,7-13H2,(H,23,26)/t14-,15+,16+,18-,22-/m0/s1. The molecule has 1 saturated heterocycles. The summed E-state index contributed by atoms with van der Waals surface area (Å²) >= 11 is 0. The third-order valence-electron chi connectivity index (χ3n) is 7.37. The van der Waals surface area contributed by atoms with Gasteiger partial charge in [0, 0.05) is 38.0 Å². The largest absolute Gasteiger partial charge is 0.467 e. The van der Waals surface area contributed by atoms with Gasteiger partial charge in [-0.25, -0.2) is 0 Å². The van der Waals surface area contributed by atoms with Crippen LogP contribution < -0.4 is 10.1 Å². The van der Waals surface area contributed by atoms with Gasteiger partial charge < -0.3 is 20.1 Å². The van der Waals surface area contributed by atoms with Gasteiger partial charge >= 0.3 is 0 Å². The number of nitrogens with one attached hydrogen (secondary N) is 1. The van der Waals surface area contributed by atoms with Crippen LogP contribution in [0.2, 0.25) is 0 Å².